The number of carbonyl (C=O) groups excluding carboxylic acids is 1. The predicted molar refractivity (Wildman–Crippen MR) is 43.0 cm³/mol. The second-order valence-electron chi connectivity index (χ2n) is 2.25. The maximum absolute atomic E-state index is 10.4. The van der Waals surface area contributed by atoms with E-state index >= 15 is 0 Å². The molecule has 0 aromatic rings. The highest BCUT2D eigenvalue weighted by Crippen LogP contribution is 2.01. The molecule has 0 aromatic heterocycles. The van der Waals surface area contributed by atoms with Gasteiger partial charge in [-0.2, -0.15) is 0 Å². The third-order valence-corrected chi connectivity index (χ3v) is 2.09. The Kier molecular flexibility index (Phi) is 4.75. The van der Waals surface area contributed by atoms with Gasteiger partial charge in [0.05, 0.1) is 6.61 Å². The maximum Gasteiger partial charge on any atom is 0.492 e. The minimum absolute atomic E-state index is 0.0568. The Balaban J connectivity index is 3.34. The molecule has 0 atom stereocenters. The summed E-state index contributed by atoms with van der Waals surface area (Å²) in [6, 6.07) is -0.128. The van der Waals surface area contributed by atoms with Crippen molar-refractivity contribution in [2.24, 2.45) is 0 Å². The van der Waals surface area contributed by atoms with Crippen molar-refractivity contribution in [1.82, 2.24) is 0 Å². The Bertz CT molecular complexity index is 162. The molecule has 5 nitrogen and oxygen atoms in total. The first-order valence-electron chi connectivity index (χ1n) is 3.42. The molecule has 3 N–H and O–H groups in total. The number of hydrogen-bond acceptors (Lipinski definition) is 5. The fourth-order valence-electron chi connectivity index (χ4n) is 0.541. The summed E-state index contributed by atoms with van der Waals surface area (Å²) < 4.78 is 4.52. The number of hydrogen-bond donors (Lipinski definition) is 3. The van der Waals surface area contributed by atoms with Gasteiger partial charge >= 0.3 is 14.8 Å². The quantitative estimate of drug-likeness (QED) is 0.225. The van der Waals surface area contributed by atoms with Crippen molar-refractivity contribution in [3.8, 4) is 0 Å². The lowest BCUT2D eigenvalue weighted by Crippen LogP contribution is -2.34. The van der Waals surface area contributed by atoms with Crippen LogP contribution >= 0.6 is 0 Å². The lowest BCUT2D eigenvalue weighted by atomic mass is 10.5. The normalized spacial score (nSPS) is 10.9. The van der Waals surface area contributed by atoms with Gasteiger partial charge < -0.3 is 19.1 Å². The van der Waals surface area contributed by atoms with Crippen LogP contribution < -0.4 is 0 Å². The van der Waals surface area contributed by atoms with Gasteiger partial charge in [0, 0.05) is 12.1 Å². The molecule has 12 heavy (non-hydrogen) atoms. The molecule has 0 radical (unpaired) electrons. The average molecular weight is 192 g/mol. The van der Waals surface area contributed by atoms with Crippen molar-refractivity contribution >= 4 is 14.8 Å². The SMILES string of the molecule is C=CC(=O)OCCC[Si](O)(O)O. The summed E-state index contributed by atoms with van der Waals surface area (Å²) in [5, 5.41) is 0. The van der Waals surface area contributed by atoms with Crippen LogP contribution in [0.15, 0.2) is 12.7 Å². The number of ether oxygens (including phenoxy) is 1. The number of esters is 1. The monoisotopic (exact) mass is 192 g/mol. The van der Waals surface area contributed by atoms with Gasteiger partial charge in [0.1, 0.15) is 0 Å². The van der Waals surface area contributed by atoms with Crippen molar-refractivity contribution in [3.63, 3.8) is 0 Å². The van der Waals surface area contributed by atoms with Crippen LogP contribution in [-0.2, 0) is 9.53 Å². The second kappa shape index (κ2) is 5.04. The highest BCUT2D eigenvalue weighted by Gasteiger charge is 2.25. The summed E-state index contributed by atoms with van der Waals surface area (Å²) in [5.74, 6) is -0.559. The smallest absolute Gasteiger partial charge is 0.463 e. The van der Waals surface area contributed by atoms with Crippen LogP contribution in [0.25, 0.3) is 0 Å². The zero-order valence-electron chi connectivity index (χ0n) is 6.56. The lowest BCUT2D eigenvalue weighted by Gasteiger charge is -2.08. The summed E-state index contributed by atoms with van der Waals surface area (Å²) in [7, 11) is -3.96. The van der Waals surface area contributed by atoms with Gasteiger partial charge in [-0.05, 0) is 6.42 Å². The van der Waals surface area contributed by atoms with Crippen LogP contribution in [0.5, 0.6) is 0 Å². The molecule has 0 aliphatic carbocycles. The van der Waals surface area contributed by atoms with E-state index in [0.29, 0.717) is 0 Å². The first kappa shape index (κ1) is 11.3. The Morgan fingerprint density at radius 3 is 2.50 bits per heavy atom. The van der Waals surface area contributed by atoms with Crippen molar-refractivity contribution in [1.29, 1.82) is 0 Å². The van der Waals surface area contributed by atoms with Crippen LogP contribution in [0.2, 0.25) is 6.04 Å². The summed E-state index contributed by atoms with van der Waals surface area (Å²) >= 11 is 0. The third kappa shape index (κ3) is 7.41. The van der Waals surface area contributed by atoms with Gasteiger partial charge in [-0.25, -0.2) is 4.79 Å². The fraction of sp³-hybridized carbons (Fsp3) is 0.500. The van der Waals surface area contributed by atoms with Crippen LogP contribution in [0.4, 0.5) is 0 Å². The van der Waals surface area contributed by atoms with Crippen molar-refractivity contribution in [3.05, 3.63) is 12.7 Å². The third-order valence-electron chi connectivity index (χ3n) is 1.07. The Morgan fingerprint density at radius 1 is 1.50 bits per heavy atom. The van der Waals surface area contributed by atoms with Crippen LogP contribution in [0, 0.1) is 0 Å². The van der Waals surface area contributed by atoms with Crippen LogP contribution in [-0.4, -0.2) is 35.8 Å². The maximum atomic E-state index is 10.4. The zero-order valence-corrected chi connectivity index (χ0v) is 7.56. The molecule has 0 heterocycles. The topological polar surface area (TPSA) is 87.0 Å². The van der Waals surface area contributed by atoms with E-state index in [2.05, 4.69) is 11.3 Å². The second-order valence-corrected chi connectivity index (χ2v) is 4.30. The summed E-state index contributed by atoms with van der Waals surface area (Å²) in [4.78, 5) is 36.0. The number of carbonyl (C=O) groups is 1. The highest BCUT2D eigenvalue weighted by molar-refractivity contribution is 6.56. The minimum Gasteiger partial charge on any atom is -0.463 e. The lowest BCUT2D eigenvalue weighted by molar-refractivity contribution is -0.137. The summed E-state index contributed by atoms with van der Waals surface area (Å²) in [5.41, 5.74) is 0. The van der Waals surface area contributed by atoms with Gasteiger partial charge in [-0.3, -0.25) is 0 Å². The van der Waals surface area contributed by atoms with Gasteiger partial charge in [-0.15, -0.1) is 0 Å². The molecule has 0 rings (SSSR count). The van der Waals surface area contributed by atoms with E-state index in [1.165, 1.54) is 0 Å². The molecule has 6 heteroatoms. The Labute approximate surface area is 71.3 Å². The van der Waals surface area contributed by atoms with Gasteiger partial charge in [0.15, 0.2) is 0 Å². The summed E-state index contributed by atoms with van der Waals surface area (Å²) in [6.45, 7) is 3.23. The molecular formula is C6H12O5Si. The Hall–Kier alpha value is -0.693. The van der Waals surface area contributed by atoms with E-state index in [1.807, 2.05) is 0 Å². The van der Waals surface area contributed by atoms with E-state index in [1.54, 1.807) is 0 Å². The molecule has 0 fully saturated rings. The average Bonchev–Trinajstić information content (AvgIpc) is 1.96. The molecule has 0 aromatic carbocycles. The molecular weight excluding hydrogens is 180 g/mol. The van der Waals surface area contributed by atoms with Gasteiger partial charge in [-0.1, -0.05) is 6.58 Å². The van der Waals surface area contributed by atoms with E-state index in [-0.39, 0.29) is 19.1 Å². The standard InChI is InChI=1S/C6H12O5Si/c1-2-6(7)11-4-3-5-12(8,9)10/h2,8-10H,1,3-5H2. The summed E-state index contributed by atoms with van der Waals surface area (Å²) in [6.07, 6.45) is 1.25. The molecule has 0 aliphatic heterocycles. The Morgan fingerprint density at radius 2 is 2.08 bits per heavy atom. The molecule has 0 amide bonds. The first-order chi connectivity index (χ1) is 5.45. The van der Waals surface area contributed by atoms with Crippen LogP contribution in [0.3, 0.4) is 0 Å². The predicted octanol–water partition coefficient (Wildman–Crippen LogP) is -0.978. The molecule has 0 unspecified atom stereocenters. The van der Waals surface area contributed by atoms with Crippen molar-refractivity contribution in [2.75, 3.05) is 6.61 Å². The largest absolute Gasteiger partial charge is 0.492 e. The molecule has 0 saturated heterocycles. The molecule has 0 bridgehead atoms. The molecule has 0 aliphatic rings. The van der Waals surface area contributed by atoms with Crippen LogP contribution in [0.1, 0.15) is 6.42 Å². The van der Waals surface area contributed by atoms with Gasteiger partial charge in [0.25, 0.3) is 0 Å². The van der Waals surface area contributed by atoms with Crippen molar-refractivity contribution in [2.45, 2.75) is 12.5 Å². The minimum atomic E-state index is -3.96. The van der Waals surface area contributed by atoms with Crippen molar-refractivity contribution < 1.29 is 23.9 Å². The van der Waals surface area contributed by atoms with Gasteiger partial charge in [0.2, 0.25) is 0 Å². The fourth-order valence-corrected chi connectivity index (χ4v) is 1.16. The highest BCUT2D eigenvalue weighted by atomic mass is 28.4. The number of rotatable bonds is 5. The van der Waals surface area contributed by atoms with E-state index in [4.69, 9.17) is 14.4 Å². The first-order valence-corrected chi connectivity index (χ1v) is 5.47. The zero-order chi connectivity index (χ0) is 9.61. The van der Waals surface area contributed by atoms with E-state index < -0.39 is 14.8 Å². The molecule has 70 valence electrons. The van der Waals surface area contributed by atoms with E-state index in [0.717, 1.165) is 6.08 Å². The molecule has 0 saturated carbocycles. The van der Waals surface area contributed by atoms with E-state index in [9.17, 15) is 4.79 Å². The molecule has 0 spiro atoms.